The molecule has 1 unspecified atom stereocenters. The minimum absolute atomic E-state index is 0.0257. The van der Waals surface area contributed by atoms with Gasteiger partial charge in [-0.3, -0.25) is 9.59 Å². The van der Waals surface area contributed by atoms with Gasteiger partial charge in [0, 0.05) is 26.2 Å². The molecule has 1 atom stereocenters. The quantitative estimate of drug-likeness (QED) is 0.700. The second-order valence-corrected chi connectivity index (χ2v) is 7.10. The Morgan fingerprint density at radius 1 is 1.25 bits per heavy atom. The summed E-state index contributed by atoms with van der Waals surface area (Å²) in [7, 11) is 1.58. The number of carbonyl (C=O) groups is 2. The molecule has 2 aliphatic rings. The van der Waals surface area contributed by atoms with Gasteiger partial charge in [-0.25, -0.2) is 4.39 Å². The summed E-state index contributed by atoms with van der Waals surface area (Å²) >= 11 is 0. The molecule has 1 aromatic rings. The fourth-order valence-corrected chi connectivity index (χ4v) is 3.59. The molecule has 2 amide bonds. The van der Waals surface area contributed by atoms with E-state index in [4.69, 9.17) is 14.2 Å². The van der Waals surface area contributed by atoms with Gasteiger partial charge in [-0.05, 0) is 37.1 Å². The van der Waals surface area contributed by atoms with Crippen LogP contribution in [0, 0.1) is 5.82 Å². The Morgan fingerprint density at radius 2 is 1.96 bits per heavy atom. The number of carbonyl (C=O) groups excluding carboxylic acids is 2. The number of nitrogens with zero attached hydrogens (tertiary/aromatic N) is 2. The summed E-state index contributed by atoms with van der Waals surface area (Å²) in [6.45, 7) is 2.51. The van der Waals surface area contributed by atoms with Crippen LogP contribution in [0.4, 0.5) is 4.39 Å². The first-order chi connectivity index (χ1) is 13.6. The van der Waals surface area contributed by atoms with Crippen molar-refractivity contribution in [3.63, 3.8) is 0 Å². The van der Waals surface area contributed by atoms with Crippen molar-refractivity contribution in [1.82, 2.24) is 9.80 Å². The summed E-state index contributed by atoms with van der Waals surface area (Å²) < 4.78 is 29.2. The van der Waals surface area contributed by atoms with E-state index in [0.717, 1.165) is 12.8 Å². The number of benzene rings is 1. The number of hydrogen-bond acceptors (Lipinski definition) is 5. The van der Waals surface area contributed by atoms with E-state index >= 15 is 0 Å². The summed E-state index contributed by atoms with van der Waals surface area (Å²) in [6.07, 6.45) is 1.68. The fourth-order valence-electron chi connectivity index (χ4n) is 3.59. The first-order valence-corrected chi connectivity index (χ1v) is 9.63. The monoisotopic (exact) mass is 394 g/mol. The van der Waals surface area contributed by atoms with Crippen molar-refractivity contribution in [3.05, 3.63) is 30.1 Å². The maximum absolute atomic E-state index is 13.0. The average Bonchev–Trinajstić information content (AvgIpc) is 2.72. The molecular weight excluding hydrogens is 367 g/mol. The van der Waals surface area contributed by atoms with Crippen LogP contribution in [0.2, 0.25) is 0 Å². The first-order valence-electron chi connectivity index (χ1n) is 9.63. The molecular formula is C20H27FN2O5. The number of rotatable bonds is 7. The number of morpholine rings is 1. The molecule has 0 N–H and O–H groups in total. The van der Waals surface area contributed by atoms with Crippen LogP contribution < -0.4 is 4.74 Å². The Hall–Kier alpha value is -2.19. The molecule has 28 heavy (non-hydrogen) atoms. The van der Waals surface area contributed by atoms with Gasteiger partial charge in [0.1, 0.15) is 30.9 Å². The Balaban J connectivity index is 1.47. The lowest BCUT2D eigenvalue weighted by molar-refractivity contribution is -0.155. The van der Waals surface area contributed by atoms with Gasteiger partial charge in [0.15, 0.2) is 0 Å². The average molecular weight is 394 g/mol. The number of halogens is 1. The minimum Gasteiger partial charge on any atom is -0.491 e. The molecule has 0 saturated carbocycles. The molecule has 154 valence electrons. The summed E-state index contributed by atoms with van der Waals surface area (Å²) in [5.74, 6) is 0.322. The number of ether oxygens (including phenoxy) is 3. The van der Waals surface area contributed by atoms with Crippen LogP contribution in [-0.2, 0) is 19.1 Å². The molecule has 0 aliphatic carbocycles. The van der Waals surface area contributed by atoms with Crippen LogP contribution >= 0.6 is 0 Å². The number of amides is 2. The molecule has 1 aromatic carbocycles. The third-order valence-electron chi connectivity index (χ3n) is 5.19. The van der Waals surface area contributed by atoms with Gasteiger partial charge in [0.25, 0.3) is 0 Å². The van der Waals surface area contributed by atoms with Crippen LogP contribution in [0.3, 0.4) is 0 Å². The summed E-state index contributed by atoms with van der Waals surface area (Å²) in [5.41, 5.74) is 0. The van der Waals surface area contributed by atoms with Crippen molar-refractivity contribution >= 4 is 11.8 Å². The summed E-state index contributed by atoms with van der Waals surface area (Å²) in [5, 5.41) is 0. The molecule has 0 bridgehead atoms. The lowest BCUT2D eigenvalue weighted by Gasteiger charge is -2.42. The fraction of sp³-hybridized carbons (Fsp3) is 0.600. The maximum atomic E-state index is 13.0. The van der Waals surface area contributed by atoms with Gasteiger partial charge in [0.05, 0.1) is 19.6 Å². The molecule has 2 saturated heterocycles. The minimum atomic E-state index is -0.315. The van der Waals surface area contributed by atoms with E-state index in [1.165, 1.54) is 12.1 Å². The summed E-state index contributed by atoms with van der Waals surface area (Å²) in [6, 6.07) is 5.93. The van der Waals surface area contributed by atoms with Crippen molar-refractivity contribution in [2.75, 3.05) is 46.6 Å². The summed E-state index contributed by atoms with van der Waals surface area (Å²) in [4.78, 5) is 28.1. The topological polar surface area (TPSA) is 68.3 Å². The van der Waals surface area contributed by atoms with E-state index in [9.17, 15) is 14.0 Å². The van der Waals surface area contributed by atoms with Gasteiger partial charge < -0.3 is 24.0 Å². The zero-order valence-corrected chi connectivity index (χ0v) is 16.1. The zero-order valence-electron chi connectivity index (χ0n) is 16.1. The Kier molecular flexibility index (Phi) is 7.22. The molecule has 7 nitrogen and oxygen atoms in total. The highest BCUT2D eigenvalue weighted by atomic mass is 19.1. The third-order valence-corrected chi connectivity index (χ3v) is 5.19. The van der Waals surface area contributed by atoms with Crippen molar-refractivity contribution in [2.45, 2.75) is 31.4 Å². The molecule has 0 spiro atoms. The van der Waals surface area contributed by atoms with Crippen LogP contribution in [0.1, 0.15) is 19.3 Å². The SMILES string of the molecule is COCCC(=O)N1CCC(N2CC(COc3ccc(F)cc3)OCC2=O)CC1. The molecule has 0 radical (unpaired) electrons. The highest BCUT2D eigenvalue weighted by molar-refractivity contribution is 5.79. The highest BCUT2D eigenvalue weighted by Crippen LogP contribution is 2.21. The lowest BCUT2D eigenvalue weighted by atomic mass is 10.0. The number of likely N-dealkylation sites (tertiary alicyclic amines) is 1. The first kappa shape index (κ1) is 20.5. The smallest absolute Gasteiger partial charge is 0.248 e. The van der Waals surface area contributed by atoms with Crippen LogP contribution in [0.25, 0.3) is 0 Å². The van der Waals surface area contributed by atoms with Crippen molar-refractivity contribution in [3.8, 4) is 5.75 Å². The molecule has 2 heterocycles. The van der Waals surface area contributed by atoms with Crippen molar-refractivity contribution in [1.29, 1.82) is 0 Å². The maximum Gasteiger partial charge on any atom is 0.248 e. The van der Waals surface area contributed by atoms with Gasteiger partial charge in [0.2, 0.25) is 11.8 Å². The normalized spacial score (nSPS) is 21.1. The number of piperidine rings is 1. The Labute approximate surface area is 164 Å². The van der Waals surface area contributed by atoms with Crippen LogP contribution in [-0.4, -0.2) is 80.3 Å². The van der Waals surface area contributed by atoms with E-state index < -0.39 is 0 Å². The van der Waals surface area contributed by atoms with Gasteiger partial charge in [-0.15, -0.1) is 0 Å². The van der Waals surface area contributed by atoms with Gasteiger partial charge in [-0.1, -0.05) is 0 Å². The highest BCUT2D eigenvalue weighted by Gasteiger charge is 2.34. The largest absolute Gasteiger partial charge is 0.491 e. The van der Waals surface area contributed by atoms with Crippen LogP contribution in [0.15, 0.2) is 24.3 Å². The zero-order chi connectivity index (χ0) is 19.9. The van der Waals surface area contributed by atoms with Crippen molar-refractivity contribution < 1.29 is 28.2 Å². The van der Waals surface area contributed by atoms with Gasteiger partial charge in [-0.2, -0.15) is 0 Å². The molecule has 0 aromatic heterocycles. The predicted molar refractivity (Wildman–Crippen MR) is 99.4 cm³/mol. The molecule has 3 rings (SSSR count). The van der Waals surface area contributed by atoms with E-state index in [0.29, 0.717) is 45.0 Å². The van der Waals surface area contributed by atoms with Gasteiger partial charge >= 0.3 is 0 Å². The molecule has 2 fully saturated rings. The predicted octanol–water partition coefficient (Wildman–Crippen LogP) is 1.46. The second kappa shape index (κ2) is 9.84. The van der Waals surface area contributed by atoms with E-state index in [1.807, 2.05) is 9.80 Å². The molecule has 2 aliphatic heterocycles. The Morgan fingerprint density at radius 3 is 2.64 bits per heavy atom. The molecule has 8 heteroatoms. The number of hydrogen-bond donors (Lipinski definition) is 0. The number of methoxy groups -OCH3 is 1. The van der Waals surface area contributed by atoms with E-state index in [1.54, 1.807) is 19.2 Å². The lowest BCUT2D eigenvalue weighted by Crippen LogP contribution is -2.55. The Bertz CT molecular complexity index is 661. The van der Waals surface area contributed by atoms with E-state index in [-0.39, 0.29) is 36.4 Å². The van der Waals surface area contributed by atoms with Crippen LogP contribution in [0.5, 0.6) is 5.75 Å². The third kappa shape index (κ3) is 5.42. The standard InChI is InChI=1S/C20H27FN2O5/c1-26-11-8-19(24)22-9-6-16(7-10-22)23-12-18(28-14-20(23)25)13-27-17-4-2-15(21)3-5-17/h2-5,16,18H,6-14H2,1H3. The van der Waals surface area contributed by atoms with Crippen molar-refractivity contribution in [2.24, 2.45) is 0 Å². The second-order valence-electron chi connectivity index (χ2n) is 7.10. The van der Waals surface area contributed by atoms with E-state index in [2.05, 4.69) is 0 Å².